The standard InChI is InChI=1S/C28H29NO4/c1-18(20-10-4-3-5-11-20)16-19(2)26(27(30)31)29-28(32)33-17-25-23-14-8-6-12-21(23)22-13-7-9-15-24(22)25/h3-15,18-19,25-26H,16-17H2,1-2H3,(H,29,32)(H,30,31). The Morgan fingerprint density at radius 3 is 2.00 bits per heavy atom. The Kier molecular flexibility index (Phi) is 6.78. The first-order valence-corrected chi connectivity index (χ1v) is 11.3. The molecule has 3 unspecified atom stereocenters. The third-order valence-corrected chi connectivity index (χ3v) is 6.55. The number of fused-ring (bicyclic) bond motifs is 3. The number of carboxylic acid groups (broad SMARTS) is 1. The number of amides is 1. The highest BCUT2D eigenvalue weighted by molar-refractivity contribution is 5.81. The molecule has 1 amide bonds. The fourth-order valence-electron chi connectivity index (χ4n) is 4.83. The van der Waals surface area contributed by atoms with Crippen LogP contribution in [0.1, 0.15) is 48.8 Å². The van der Waals surface area contributed by atoms with Crippen molar-refractivity contribution in [2.24, 2.45) is 5.92 Å². The second-order valence-corrected chi connectivity index (χ2v) is 8.81. The van der Waals surface area contributed by atoms with Crippen molar-refractivity contribution in [3.8, 4) is 11.1 Å². The molecule has 0 aromatic heterocycles. The molecule has 1 aliphatic rings. The normalized spacial score (nSPS) is 15.1. The van der Waals surface area contributed by atoms with Crippen LogP contribution in [0.2, 0.25) is 0 Å². The molecule has 0 fully saturated rings. The van der Waals surface area contributed by atoms with Crippen LogP contribution >= 0.6 is 0 Å². The molecule has 4 rings (SSSR count). The first kappa shape index (κ1) is 22.6. The van der Waals surface area contributed by atoms with E-state index >= 15 is 0 Å². The van der Waals surface area contributed by atoms with Crippen LogP contribution < -0.4 is 5.32 Å². The van der Waals surface area contributed by atoms with Gasteiger partial charge in [0, 0.05) is 5.92 Å². The van der Waals surface area contributed by atoms with Crippen molar-refractivity contribution in [2.45, 2.75) is 38.1 Å². The summed E-state index contributed by atoms with van der Waals surface area (Å²) < 4.78 is 5.55. The van der Waals surface area contributed by atoms with Crippen molar-refractivity contribution in [3.05, 3.63) is 95.6 Å². The molecule has 0 spiro atoms. The molecule has 5 heteroatoms. The number of benzene rings is 3. The summed E-state index contributed by atoms with van der Waals surface area (Å²) in [6, 6.07) is 25.2. The predicted molar refractivity (Wildman–Crippen MR) is 128 cm³/mol. The zero-order chi connectivity index (χ0) is 23.4. The second-order valence-electron chi connectivity index (χ2n) is 8.81. The summed E-state index contributed by atoms with van der Waals surface area (Å²) in [7, 11) is 0. The smallest absolute Gasteiger partial charge is 0.407 e. The van der Waals surface area contributed by atoms with Gasteiger partial charge in [0.25, 0.3) is 0 Å². The minimum Gasteiger partial charge on any atom is -0.480 e. The lowest BCUT2D eigenvalue weighted by atomic mass is 9.87. The molecule has 0 radical (unpaired) electrons. The molecule has 170 valence electrons. The van der Waals surface area contributed by atoms with Crippen molar-refractivity contribution in [2.75, 3.05) is 6.61 Å². The van der Waals surface area contributed by atoms with Gasteiger partial charge in [0.1, 0.15) is 12.6 Å². The molecule has 0 saturated carbocycles. The van der Waals surface area contributed by atoms with E-state index in [1.165, 1.54) is 0 Å². The van der Waals surface area contributed by atoms with Crippen molar-refractivity contribution >= 4 is 12.1 Å². The van der Waals surface area contributed by atoms with E-state index in [2.05, 4.69) is 24.4 Å². The molecule has 0 saturated heterocycles. The third-order valence-electron chi connectivity index (χ3n) is 6.55. The number of carbonyl (C=O) groups is 2. The first-order valence-electron chi connectivity index (χ1n) is 11.3. The van der Waals surface area contributed by atoms with Crippen LogP contribution in [0.3, 0.4) is 0 Å². The summed E-state index contributed by atoms with van der Waals surface area (Å²) in [5, 5.41) is 12.3. The molecule has 0 aliphatic heterocycles. The third kappa shape index (κ3) is 4.92. The largest absolute Gasteiger partial charge is 0.480 e. The summed E-state index contributed by atoms with van der Waals surface area (Å²) >= 11 is 0. The number of carbonyl (C=O) groups excluding carboxylic acids is 1. The lowest BCUT2D eigenvalue weighted by Gasteiger charge is -2.24. The first-order chi connectivity index (χ1) is 16.0. The minimum absolute atomic E-state index is 0.0676. The average molecular weight is 444 g/mol. The maximum Gasteiger partial charge on any atom is 0.407 e. The van der Waals surface area contributed by atoms with E-state index in [-0.39, 0.29) is 24.4 Å². The van der Waals surface area contributed by atoms with Crippen LogP contribution in [0.5, 0.6) is 0 Å². The molecule has 2 N–H and O–H groups in total. The van der Waals surface area contributed by atoms with Crippen LogP contribution in [0.4, 0.5) is 4.79 Å². The van der Waals surface area contributed by atoms with Crippen LogP contribution in [-0.4, -0.2) is 29.8 Å². The van der Waals surface area contributed by atoms with E-state index in [9.17, 15) is 14.7 Å². The van der Waals surface area contributed by atoms with Gasteiger partial charge in [0.15, 0.2) is 0 Å². The molecule has 5 nitrogen and oxygen atoms in total. The van der Waals surface area contributed by atoms with Crippen molar-refractivity contribution < 1.29 is 19.4 Å². The van der Waals surface area contributed by atoms with E-state index in [0.717, 1.165) is 27.8 Å². The van der Waals surface area contributed by atoms with Gasteiger partial charge in [-0.1, -0.05) is 92.7 Å². The summed E-state index contributed by atoms with van der Waals surface area (Å²) in [6.07, 6.45) is -0.0755. The Bertz CT molecular complexity index is 1080. The molecule has 0 heterocycles. The predicted octanol–water partition coefficient (Wildman–Crippen LogP) is 5.81. The molecule has 0 bridgehead atoms. The average Bonchev–Trinajstić information content (AvgIpc) is 3.15. The van der Waals surface area contributed by atoms with Crippen molar-refractivity contribution in [1.82, 2.24) is 5.32 Å². The maximum atomic E-state index is 12.6. The number of carboxylic acids is 1. The Hall–Kier alpha value is -3.60. The van der Waals surface area contributed by atoms with Gasteiger partial charge in [-0.2, -0.15) is 0 Å². The molecule has 3 atom stereocenters. The Balaban J connectivity index is 1.39. The number of ether oxygens (including phenoxy) is 1. The Morgan fingerprint density at radius 2 is 1.42 bits per heavy atom. The van der Waals surface area contributed by atoms with E-state index in [1.807, 2.05) is 73.7 Å². The second kappa shape index (κ2) is 9.90. The Morgan fingerprint density at radius 1 is 0.879 bits per heavy atom. The highest BCUT2D eigenvalue weighted by atomic mass is 16.5. The fraction of sp³-hybridized carbons (Fsp3) is 0.286. The highest BCUT2D eigenvalue weighted by Gasteiger charge is 2.31. The lowest BCUT2D eigenvalue weighted by molar-refractivity contribution is -0.140. The van der Waals surface area contributed by atoms with Gasteiger partial charge in [0.2, 0.25) is 0 Å². The molecule has 33 heavy (non-hydrogen) atoms. The highest BCUT2D eigenvalue weighted by Crippen LogP contribution is 2.44. The molecule has 3 aromatic rings. The monoisotopic (exact) mass is 443 g/mol. The number of rotatable bonds is 8. The molecular weight excluding hydrogens is 414 g/mol. The number of aliphatic carboxylic acids is 1. The van der Waals surface area contributed by atoms with Crippen molar-refractivity contribution in [3.63, 3.8) is 0 Å². The maximum absolute atomic E-state index is 12.6. The SMILES string of the molecule is CC(CC(C)C(NC(=O)OCC1c2ccccc2-c2ccccc21)C(=O)O)c1ccccc1. The van der Waals surface area contributed by atoms with Crippen LogP contribution in [0.15, 0.2) is 78.9 Å². The zero-order valence-corrected chi connectivity index (χ0v) is 18.9. The van der Waals surface area contributed by atoms with Gasteiger partial charge in [0.05, 0.1) is 0 Å². The van der Waals surface area contributed by atoms with Gasteiger partial charge in [-0.25, -0.2) is 9.59 Å². The quantitative estimate of drug-likeness (QED) is 0.461. The van der Waals surface area contributed by atoms with Gasteiger partial charge in [-0.3, -0.25) is 0 Å². The van der Waals surface area contributed by atoms with Gasteiger partial charge in [-0.05, 0) is 46.1 Å². The van der Waals surface area contributed by atoms with Crippen LogP contribution in [0.25, 0.3) is 11.1 Å². The topological polar surface area (TPSA) is 75.6 Å². The summed E-state index contributed by atoms with van der Waals surface area (Å²) in [5.74, 6) is -1.22. The van der Waals surface area contributed by atoms with Gasteiger partial charge < -0.3 is 15.2 Å². The molecule has 3 aromatic carbocycles. The minimum atomic E-state index is -1.06. The summed E-state index contributed by atoms with van der Waals surface area (Å²) in [6.45, 7) is 4.07. The number of hydrogen-bond acceptors (Lipinski definition) is 3. The van der Waals surface area contributed by atoms with Crippen LogP contribution in [-0.2, 0) is 9.53 Å². The number of hydrogen-bond donors (Lipinski definition) is 2. The van der Waals surface area contributed by atoms with E-state index in [4.69, 9.17) is 4.74 Å². The van der Waals surface area contributed by atoms with E-state index in [0.29, 0.717) is 6.42 Å². The van der Waals surface area contributed by atoms with Crippen molar-refractivity contribution in [1.29, 1.82) is 0 Å². The summed E-state index contributed by atoms with van der Waals surface area (Å²) in [4.78, 5) is 24.5. The molecular formula is C28H29NO4. The number of nitrogens with one attached hydrogen (secondary N) is 1. The van der Waals surface area contributed by atoms with Gasteiger partial charge in [-0.15, -0.1) is 0 Å². The van der Waals surface area contributed by atoms with Gasteiger partial charge >= 0.3 is 12.1 Å². The van der Waals surface area contributed by atoms with E-state index < -0.39 is 18.1 Å². The summed E-state index contributed by atoms with van der Waals surface area (Å²) in [5.41, 5.74) is 5.68. The molecule has 1 aliphatic carbocycles. The van der Waals surface area contributed by atoms with E-state index in [1.54, 1.807) is 0 Å². The Labute approximate surface area is 194 Å². The van der Waals surface area contributed by atoms with Crippen LogP contribution in [0, 0.1) is 5.92 Å². The fourth-order valence-corrected chi connectivity index (χ4v) is 4.83. The lowest BCUT2D eigenvalue weighted by Crippen LogP contribution is -2.45. The zero-order valence-electron chi connectivity index (χ0n) is 18.9. The number of alkyl carbamates (subject to hydrolysis) is 1.